The van der Waals surface area contributed by atoms with E-state index in [1.165, 1.54) is 0 Å². The fourth-order valence-corrected chi connectivity index (χ4v) is 5.01. The SMILES string of the molecule is C/C=C/C1CCC(c2ccc(-c3ccc(-c4ccc(CCCCCC)c(F)c4F)cc3)cc2F)CO1. The Bertz CT molecular complexity index is 1170. The number of hydrogen-bond acceptors (Lipinski definition) is 1. The van der Waals surface area contributed by atoms with Crippen LogP contribution in [-0.2, 0) is 11.2 Å². The molecule has 0 aromatic heterocycles. The lowest BCUT2D eigenvalue weighted by Gasteiger charge is -2.28. The molecule has 1 heterocycles. The van der Waals surface area contributed by atoms with Crippen LogP contribution in [0.2, 0.25) is 0 Å². The molecule has 1 nitrogen and oxygen atoms in total. The molecule has 2 atom stereocenters. The molecule has 3 aromatic rings. The quantitative estimate of drug-likeness (QED) is 0.213. The molecule has 1 saturated heterocycles. The summed E-state index contributed by atoms with van der Waals surface area (Å²) in [4.78, 5) is 0. The van der Waals surface area contributed by atoms with Crippen molar-refractivity contribution in [1.29, 1.82) is 0 Å². The summed E-state index contributed by atoms with van der Waals surface area (Å²) in [7, 11) is 0. The molecule has 3 aromatic carbocycles. The van der Waals surface area contributed by atoms with E-state index in [1.54, 1.807) is 30.3 Å². The molecule has 0 aliphatic carbocycles. The van der Waals surface area contributed by atoms with Crippen molar-refractivity contribution in [2.75, 3.05) is 6.61 Å². The lowest BCUT2D eigenvalue weighted by Crippen LogP contribution is -2.23. The van der Waals surface area contributed by atoms with Crippen molar-refractivity contribution in [2.45, 2.75) is 70.8 Å². The van der Waals surface area contributed by atoms with Gasteiger partial charge in [0.05, 0.1) is 12.7 Å². The van der Waals surface area contributed by atoms with Crippen LogP contribution in [0.25, 0.3) is 22.3 Å². The number of benzene rings is 3. The Kier molecular flexibility index (Phi) is 9.03. The highest BCUT2D eigenvalue weighted by Crippen LogP contribution is 2.34. The summed E-state index contributed by atoms with van der Waals surface area (Å²) < 4.78 is 50.4. The minimum absolute atomic E-state index is 0.0513. The third-order valence-electron chi connectivity index (χ3n) is 7.15. The van der Waals surface area contributed by atoms with E-state index in [1.807, 2.05) is 43.3 Å². The maximum atomic E-state index is 15.0. The molecule has 4 rings (SSSR count). The fraction of sp³-hybridized carbons (Fsp3) is 0.375. The molecular formula is C32H35F3O. The van der Waals surface area contributed by atoms with Crippen LogP contribution in [0.4, 0.5) is 13.2 Å². The van der Waals surface area contributed by atoms with Gasteiger partial charge in [-0.15, -0.1) is 0 Å². The average Bonchev–Trinajstić information content (AvgIpc) is 2.90. The maximum absolute atomic E-state index is 15.0. The molecule has 0 spiro atoms. The second-order valence-corrected chi connectivity index (χ2v) is 9.70. The maximum Gasteiger partial charge on any atom is 0.166 e. The number of rotatable bonds is 9. The summed E-state index contributed by atoms with van der Waals surface area (Å²) >= 11 is 0. The standard InChI is InChI=1S/C32H35F3O/c1-3-5-6-7-9-24-15-19-29(32(35)31(24)34)23-12-10-22(11-13-23)25-16-18-28(30(33)20-25)26-14-17-27(8-4-2)36-21-26/h4,8,10-13,15-16,18-20,26-27H,3,5-7,9,14,17,21H2,1-2H3/b8-4+. The van der Waals surface area contributed by atoms with Gasteiger partial charge in [-0.2, -0.15) is 0 Å². The summed E-state index contributed by atoms with van der Waals surface area (Å²) in [6.07, 6.45) is 10.6. The average molecular weight is 493 g/mol. The Morgan fingerprint density at radius 3 is 2.25 bits per heavy atom. The highest BCUT2D eigenvalue weighted by atomic mass is 19.2. The monoisotopic (exact) mass is 492 g/mol. The molecule has 190 valence electrons. The van der Waals surface area contributed by atoms with Crippen LogP contribution in [0, 0.1) is 17.5 Å². The molecular weight excluding hydrogens is 457 g/mol. The first kappa shape index (κ1) is 26.2. The predicted molar refractivity (Wildman–Crippen MR) is 142 cm³/mol. The van der Waals surface area contributed by atoms with Gasteiger partial charge in [0.1, 0.15) is 5.82 Å². The molecule has 0 bridgehead atoms. The van der Waals surface area contributed by atoms with Crippen LogP contribution < -0.4 is 0 Å². The van der Waals surface area contributed by atoms with Crippen LogP contribution in [-0.4, -0.2) is 12.7 Å². The number of hydrogen-bond donors (Lipinski definition) is 0. The number of aryl methyl sites for hydroxylation is 1. The molecule has 1 fully saturated rings. The topological polar surface area (TPSA) is 9.23 Å². The third-order valence-corrected chi connectivity index (χ3v) is 7.15. The zero-order chi connectivity index (χ0) is 25.5. The normalized spacial score (nSPS) is 18.1. The third kappa shape index (κ3) is 6.10. The molecule has 1 aliphatic heterocycles. The van der Waals surface area contributed by atoms with E-state index < -0.39 is 11.6 Å². The molecule has 0 N–H and O–H groups in total. The van der Waals surface area contributed by atoms with Crippen LogP contribution in [0.1, 0.15) is 69.4 Å². The van der Waals surface area contributed by atoms with Crippen molar-refractivity contribution < 1.29 is 17.9 Å². The van der Waals surface area contributed by atoms with Crippen molar-refractivity contribution in [3.05, 3.63) is 95.3 Å². The van der Waals surface area contributed by atoms with E-state index in [0.29, 0.717) is 29.7 Å². The van der Waals surface area contributed by atoms with Crippen LogP contribution in [0.5, 0.6) is 0 Å². The van der Waals surface area contributed by atoms with E-state index in [9.17, 15) is 8.78 Å². The van der Waals surface area contributed by atoms with Crippen molar-refractivity contribution in [3.63, 3.8) is 0 Å². The van der Waals surface area contributed by atoms with Crippen molar-refractivity contribution in [3.8, 4) is 22.3 Å². The van der Waals surface area contributed by atoms with Gasteiger partial charge < -0.3 is 4.74 Å². The van der Waals surface area contributed by atoms with Gasteiger partial charge in [-0.1, -0.05) is 86.9 Å². The Morgan fingerprint density at radius 2 is 1.58 bits per heavy atom. The van der Waals surface area contributed by atoms with E-state index in [4.69, 9.17) is 4.74 Å². The highest BCUT2D eigenvalue weighted by Gasteiger charge is 2.24. The molecule has 0 radical (unpaired) electrons. The highest BCUT2D eigenvalue weighted by molar-refractivity contribution is 5.71. The Balaban J connectivity index is 1.46. The van der Waals surface area contributed by atoms with Crippen molar-refractivity contribution in [2.24, 2.45) is 0 Å². The second kappa shape index (κ2) is 12.4. The van der Waals surface area contributed by atoms with Gasteiger partial charge >= 0.3 is 0 Å². The molecule has 2 unspecified atom stereocenters. The first-order chi connectivity index (χ1) is 17.5. The molecule has 4 heteroatoms. The summed E-state index contributed by atoms with van der Waals surface area (Å²) in [6, 6.07) is 15.8. The van der Waals surface area contributed by atoms with Crippen LogP contribution >= 0.6 is 0 Å². The number of halogens is 3. The zero-order valence-corrected chi connectivity index (χ0v) is 21.2. The Labute approximate surface area is 213 Å². The van der Waals surface area contributed by atoms with Gasteiger partial charge in [-0.3, -0.25) is 0 Å². The van der Waals surface area contributed by atoms with Gasteiger partial charge in [0.2, 0.25) is 0 Å². The largest absolute Gasteiger partial charge is 0.374 e. The first-order valence-corrected chi connectivity index (χ1v) is 13.1. The predicted octanol–water partition coefficient (Wildman–Crippen LogP) is 9.40. The summed E-state index contributed by atoms with van der Waals surface area (Å²) in [6.45, 7) is 4.61. The van der Waals surface area contributed by atoms with Gasteiger partial charge in [-0.05, 0) is 66.5 Å². The van der Waals surface area contributed by atoms with Crippen molar-refractivity contribution in [1.82, 2.24) is 0 Å². The minimum Gasteiger partial charge on any atom is -0.374 e. The van der Waals surface area contributed by atoms with E-state index in [2.05, 4.69) is 6.92 Å². The molecule has 1 aliphatic rings. The second-order valence-electron chi connectivity index (χ2n) is 9.70. The summed E-state index contributed by atoms with van der Waals surface area (Å²) in [5.41, 5.74) is 3.53. The zero-order valence-electron chi connectivity index (χ0n) is 21.2. The van der Waals surface area contributed by atoms with Gasteiger partial charge in [0, 0.05) is 11.5 Å². The lowest BCUT2D eigenvalue weighted by atomic mass is 9.89. The first-order valence-electron chi connectivity index (χ1n) is 13.1. The molecule has 0 amide bonds. The van der Waals surface area contributed by atoms with Crippen molar-refractivity contribution >= 4 is 0 Å². The fourth-order valence-electron chi connectivity index (χ4n) is 5.01. The van der Waals surface area contributed by atoms with Crippen LogP contribution in [0.3, 0.4) is 0 Å². The summed E-state index contributed by atoms with van der Waals surface area (Å²) in [5.74, 6) is -1.75. The summed E-state index contributed by atoms with van der Waals surface area (Å²) in [5, 5.41) is 0. The van der Waals surface area contributed by atoms with E-state index in [-0.39, 0.29) is 23.4 Å². The van der Waals surface area contributed by atoms with E-state index >= 15 is 4.39 Å². The van der Waals surface area contributed by atoms with Gasteiger partial charge in [0.25, 0.3) is 0 Å². The number of allylic oxidation sites excluding steroid dienone is 1. The lowest BCUT2D eigenvalue weighted by molar-refractivity contribution is 0.0319. The number of unbranched alkanes of at least 4 members (excludes halogenated alkanes) is 3. The molecule has 36 heavy (non-hydrogen) atoms. The van der Waals surface area contributed by atoms with Gasteiger partial charge in [0.15, 0.2) is 11.6 Å². The van der Waals surface area contributed by atoms with E-state index in [0.717, 1.165) is 49.7 Å². The Morgan fingerprint density at radius 1 is 0.833 bits per heavy atom. The van der Waals surface area contributed by atoms with Crippen LogP contribution in [0.15, 0.2) is 66.7 Å². The Hall–Kier alpha value is -2.85. The molecule has 0 saturated carbocycles. The smallest absolute Gasteiger partial charge is 0.166 e. The number of ether oxygens (including phenoxy) is 1. The minimum atomic E-state index is -0.808. The van der Waals surface area contributed by atoms with Gasteiger partial charge in [-0.25, -0.2) is 13.2 Å².